The maximum absolute atomic E-state index is 13.1. The first-order chi connectivity index (χ1) is 20.3. The van der Waals surface area contributed by atoms with Gasteiger partial charge in [-0.15, -0.1) is 0 Å². The Kier molecular flexibility index (Phi) is 9.74. The minimum Gasteiger partial charge on any atom is -0.490 e. The lowest BCUT2D eigenvalue weighted by atomic mass is 10.1. The minimum absolute atomic E-state index is 0.0572. The maximum Gasteiger partial charge on any atom is 0.266 e. The van der Waals surface area contributed by atoms with Crippen molar-refractivity contribution < 1.29 is 23.8 Å². The highest BCUT2D eigenvalue weighted by atomic mass is 35.5. The van der Waals surface area contributed by atoms with Crippen LogP contribution in [0.1, 0.15) is 28.4 Å². The molecule has 0 N–H and O–H groups in total. The van der Waals surface area contributed by atoms with Gasteiger partial charge in [-0.05, 0) is 72.8 Å². The summed E-state index contributed by atoms with van der Waals surface area (Å²) in [7, 11) is 1.68. The second-order valence-corrected chi connectivity index (χ2v) is 11.3. The summed E-state index contributed by atoms with van der Waals surface area (Å²) < 4.78 is 17.2. The monoisotopic (exact) mass is 625 g/mol. The SMILES string of the molecule is CCOc1cc(/C=C2/SC(=Nc3cccc(C(=O)N4CCOCC4)c3)N(C)C2=O)ccc1OCc1ccc(Cl)cc1Cl. The Morgan fingerprint density at radius 1 is 1.05 bits per heavy atom. The number of thioether (sulfide) groups is 1. The van der Waals surface area contributed by atoms with E-state index in [0.29, 0.717) is 75.8 Å². The molecular formula is C31H29Cl2N3O5S. The van der Waals surface area contributed by atoms with Crippen LogP contribution in [0, 0.1) is 0 Å². The summed E-state index contributed by atoms with van der Waals surface area (Å²) in [6, 6.07) is 17.9. The molecule has 218 valence electrons. The van der Waals surface area contributed by atoms with Crippen molar-refractivity contribution in [1.82, 2.24) is 9.80 Å². The van der Waals surface area contributed by atoms with Crippen molar-refractivity contribution in [3.8, 4) is 11.5 Å². The average Bonchev–Trinajstić information content (AvgIpc) is 3.25. The molecule has 2 fully saturated rings. The summed E-state index contributed by atoms with van der Waals surface area (Å²) in [4.78, 5) is 34.5. The summed E-state index contributed by atoms with van der Waals surface area (Å²) in [6.45, 7) is 4.77. The van der Waals surface area contributed by atoms with Crippen LogP contribution < -0.4 is 9.47 Å². The van der Waals surface area contributed by atoms with E-state index in [4.69, 9.17) is 37.4 Å². The topological polar surface area (TPSA) is 80.7 Å². The van der Waals surface area contributed by atoms with Gasteiger partial charge in [-0.25, -0.2) is 4.99 Å². The smallest absolute Gasteiger partial charge is 0.266 e. The Morgan fingerprint density at radius 3 is 2.62 bits per heavy atom. The fourth-order valence-electron chi connectivity index (χ4n) is 4.37. The first-order valence-electron chi connectivity index (χ1n) is 13.4. The first-order valence-corrected chi connectivity index (χ1v) is 15.0. The molecule has 42 heavy (non-hydrogen) atoms. The molecule has 5 rings (SSSR count). The van der Waals surface area contributed by atoms with Crippen LogP contribution in [0.15, 0.2) is 70.6 Å². The highest BCUT2D eigenvalue weighted by Gasteiger charge is 2.30. The molecule has 0 bridgehead atoms. The second kappa shape index (κ2) is 13.6. The van der Waals surface area contributed by atoms with Gasteiger partial charge in [-0.1, -0.05) is 41.4 Å². The van der Waals surface area contributed by atoms with E-state index in [0.717, 1.165) is 11.1 Å². The third kappa shape index (κ3) is 7.10. The third-order valence-corrected chi connectivity index (χ3v) is 8.23. The molecule has 0 unspecified atom stereocenters. The van der Waals surface area contributed by atoms with Gasteiger partial charge in [0.2, 0.25) is 0 Å². The average molecular weight is 627 g/mol. The molecule has 3 aromatic carbocycles. The van der Waals surface area contributed by atoms with Crippen molar-refractivity contribution in [3.05, 3.63) is 92.3 Å². The van der Waals surface area contributed by atoms with Gasteiger partial charge in [0.25, 0.3) is 11.8 Å². The molecule has 2 aliphatic rings. The zero-order valence-electron chi connectivity index (χ0n) is 23.1. The number of rotatable bonds is 8. The Bertz CT molecular complexity index is 1560. The Labute approximate surface area is 258 Å². The fourth-order valence-corrected chi connectivity index (χ4v) is 5.82. The van der Waals surface area contributed by atoms with Crippen LogP contribution in [0.4, 0.5) is 5.69 Å². The van der Waals surface area contributed by atoms with Gasteiger partial charge in [0.15, 0.2) is 16.7 Å². The molecule has 3 aromatic rings. The minimum atomic E-state index is -0.171. The summed E-state index contributed by atoms with van der Waals surface area (Å²) >= 11 is 13.6. The van der Waals surface area contributed by atoms with Crippen molar-refractivity contribution in [1.29, 1.82) is 0 Å². The summed E-state index contributed by atoms with van der Waals surface area (Å²) in [5, 5.41) is 1.60. The normalized spacial score (nSPS) is 17.3. The molecule has 11 heteroatoms. The molecular weight excluding hydrogens is 597 g/mol. The number of aliphatic imine (C=N–C) groups is 1. The second-order valence-electron chi connectivity index (χ2n) is 9.49. The number of morpholine rings is 1. The molecule has 2 aliphatic heterocycles. The summed E-state index contributed by atoms with van der Waals surface area (Å²) in [6.07, 6.45) is 1.80. The Balaban J connectivity index is 1.32. The molecule has 2 amide bonds. The van der Waals surface area contributed by atoms with E-state index in [1.165, 1.54) is 16.7 Å². The largest absolute Gasteiger partial charge is 0.490 e. The standard InChI is InChI=1S/C31H29Cl2N3O5S/c1-3-40-27-15-20(7-10-26(27)41-19-22-8-9-23(32)18-25(22)33)16-28-30(38)35(2)31(42-28)34-24-6-4-5-21(17-24)29(37)36-11-13-39-14-12-36/h4-10,15-18H,3,11-14,19H2,1-2H3/b28-16+,34-31?. The molecule has 0 aromatic heterocycles. The highest BCUT2D eigenvalue weighted by molar-refractivity contribution is 8.18. The van der Waals surface area contributed by atoms with Gasteiger partial charge in [0, 0.05) is 41.3 Å². The number of likely N-dealkylation sites (N-methyl/N-ethyl adjacent to an activating group) is 1. The number of nitrogens with zero attached hydrogens (tertiary/aromatic N) is 3. The summed E-state index contributed by atoms with van der Waals surface area (Å²) in [5.74, 6) is 0.880. The van der Waals surface area contributed by atoms with Crippen LogP contribution >= 0.6 is 35.0 Å². The highest BCUT2D eigenvalue weighted by Crippen LogP contribution is 2.36. The molecule has 0 saturated carbocycles. The zero-order valence-corrected chi connectivity index (χ0v) is 25.5. The van der Waals surface area contributed by atoms with Crippen LogP contribution in [0.25, 0.3) is 6.08 Å². The lowest BCUT2D eigenvalue weighted by Gasteiger charge is -2.26. The first kappa shape index (κ1) is 30.0. The lowest BCUT2D eigenvalue weighted by Crippen LogP contribution is -2.40. The third-order valence-electron chi connectivity index (χ3n) is 6.58. The molecule has 8 nitrogen and oxygen atoms in total. The van der Waals surface area contributed by atoms with Crippen LogP contribution in [-0.2, 0) is 16.1 Å². The molecule has 0 spiro atoms. The van der Waals surface area contributed by atoms with Gasteiger partial charge < -0.3 is 19.1 Å². The van der Waals surface area contributed by atoms with E-state index in [1.807, 2.05) is 31.2 Å². The Hall–Kier alpha value is -3.50. The maximum atomic E-state index is 13.1. The predicted octanol–water partition coefficient (Wildman–Crippen LogP) is 6.68. The number of amides is 2. The number of halogens is 2. The zero-order chi connectivity index (χ0) is 29.6. The van der Waals surface area contributed by atoms with Crippen molar-refractivity contribution in [3.63, 3.8) is 0 Å². The number of hydrogen-bond acceptors (Lipinski definition) is 7. The van der Waals surface area contributed by atoms with Gasteiger partial charge >= 0.3 is 0 Å². The van der Waals surface area contributed by atoms with Gasteiger partial charge in [-0.2, -0.15) is 0 Å². The Morgan fingerprint density at radius 2 is 1.86 bits per heavy atom. The quantitative estimate of drug-likeness (QED) is 0.260. The van der Waals surface area contributed by atoms with E-state index in [9.17, 15) is 9.59 Å². The van der Waals surface area contributed by atoms with Crippen LogP contribution in [0.5, 0.6) is 11.5 Å². The number of carbonyl (C=O) groups is 2. The molecule has 2 heterocycles. The van der Waals surface area contributed by atoms with Crippen LogP contribution in [0.3, 0.4) is 0 Å². The number of carbonyl (C=O) groups excluding carboxylic acids is 2. The van der Waals surface area contributed by atoms with Gasteiger partial charge in [0.1, 0.15) is 6.61 Å². The number of hydrogen-bond donors (Lipinski definition) is 0. The van der Waals surface area contributed by atoms with Crippen molar-refractivity contribution >= 4 is 63.7 Å². The molecule has 2 saturated heterocycles. The van der Waals surface area contributed by atoms with E-state index in [2.05, 4.69) is 4.99 Å². The van der Waals surface area contributed by atoms with Gasteiger partial charge in [0.05, 0.1) is 30.4 Å². The van der Waals surface area contributed by atoms with Gasteiger partial charge in [-0.3, -0.25) is 14.5 Å². The fraction of sp³-hybridized carbons (Fsp3) is 0.258. The summed E-state index contributed by atoms with van der Waals surface area (Å²) in [5.41, 5.74) is 2.72. The number of benzene rings is 3. The van der Waals surface area contributed by atoms with E-state index < -0.39 is 0 Å². The van der Waals surface area contributed by atoms with Crippen LogP contribution in [0.2, 0.25) is 10.0 Å². The predicted molar refractivity (Wildman–Crippen MR) is 167 cm³/mol. The molecule has 0 atom stereocenters. The van der Waals surface area contributed by atoms with Crippen LogP contribution in [-0.4, -0.2) is 66.7 Å². The number of ether oxygens (including phenoxy) is 3. The van der Waals surface area contributed by atoms with Crippen molar-refractivity contribution in [2.24, 2.45) is 4.99 Å². The molecule has 0 aliphatic carbocycles. The van der Waals surface area contributed by atoms with E-state index in [1.54, 1.807) is 54.4 Å². The van der Waals surface area contributed by atoms with E-state index in [-0.39, 0.29) is 18.4 Å². The molecule has 0 radical (unpaired) electrons. The van der Waals surface area contributed by atoms with Crippen molar-refractivity contribution in [2.45, 2.75) is 13.5 Å². The lowest BCUT2D eigenvalue weighted by molar-refractivity contribution is -0.121. The van der Waals surface area contributed by atoms with E-state index >= 15 is 0 Å². The number of amidine groups is 1. The van der Waals surface area contributed by atoms with Crippen molar-refractivity contribution in [2.75, 3.05) is 40.0 Å².